The van der Waals surface area contributed by atoms with Crippen molar-refractivity contribution in [1.82, 2.24) is 4.98 Å². The van der Waals surface area contributed by atoms with E-state index in [4.69, 9.17) is 17.3 Å². The zero-order valence-electron chi connectivity index (χ0n) is 10.9. The first kappa shape index (κ1) is 14.5. The van der Waals surface area contributed by atoms with Crippen molar-refractivity contribution >= 4 is 23.3 Å². The van der Waals surface area contributed by atoms with E-state index in [-0.39, 0.29) is 5.91 Å². The van der Waals surface area contributed by atoms with Gasteiger partial charge in [0.15, 0.2) is 5.82 Å². The molecule has 0 radical (unpaired) electrons. The van der Waals surface area contributed by atoms with E-state index in [0.717, 1.165) is 12.0 Å². The molecule has 104 valence electrons. The Hall–Kier alpha value is -1.91. The summed E-state index contributed by atoms with van der Waals surface area (Å²) in [6, 6.07) is 12.7. The number of aryl methyl sites for hydroxylation is 1. The number of anilines is 1. The molecular formula is C15H16ClN3O. The molecule has 0 fully saturated rings. The Morgan fingerprint density at radius 2 is 2.00 bits per heavy atom. The second-order valence-corrected chi connectivity index (χ2v) is 4.86. The topological polar surface area (TPSA) is 68.0 Å². The van der Waals surface area contributed by atoms with Gasteiger partial charge in [0.2, 0.25) is 5.91 Å². The predicted octanol–water partition coefficient (Wildman–Crippen LogP) is 2.63. The summed E-state index contributed by atoms with van der Waals surface area (Å²) < 4.78 is 0. The van der Waals surface area contributed by atoms with Gasteiger partial charge in [-0.05, 0) is 30.5 Å². The molecule has 5 heteroatoms. The quantitative estimate of drug-likeness (QED) is 0.889. The van der Waals surface area contributed by atoms with Crippen LogP contribution in [-0.2, 0) is 11.2 Å². The summed E-state index contributed by atoms with van der Waals surface area (Å²) in [5, 5.41) is 3.04. The Morgan fingerprint density at radius 1 is 1.25 bits per heavy atom. The molecule has 0 aliphatic carbocycles. The van der Waals surface area contributed by atoms with Crippen LogP contribution in [0.3, 0.4) is 0 Å². The molecular weight excluding hydrogens is 274 g/mol. The number of nitrogens with one attached hydrogen (secondary N) is 1. The fourth-order valence-corrected chi connectivity index (χ4v) is 1.95. The van der Waals surface area contributed by atoms with Crippen molar-refractivity contribution in [2.75, 3.05) is 5.32 Å². The summed E-state index contributed by atoms with van der Waals surface area (Å²) in [6.07, 6.45) is 2.89. The molecule has 2 aromatic rings. The van der Waals surface area contributed by atoms with Crippen molar-refractivity contribution < 1.29 is 4.79 Å². The summed E-state index contributed by atoms with van der Waals surface area (Å²) in [4.78, 5) is 16.0. The van der Waals surface area contributed by atoms with Crippen LogP contribution in [-0.4, -0.2) is 16.9 Å². The van der Waals surface area contributed by atoms with Crippen molar-refractivity contribution in [1.29, 1.82) is 0 Å². The number of hydrogen-bond donors (Lipinski definition) is 2. The average molecular weight is 290 g/mol. The van der Waals surface area contributed by atoms with Crippen LogP contribution < -0.4 is 11.1 Å². The maximum atomic E-state index is 12.0. The second-order valence-electron chi connectivity index (χ2n) is 4.45. The van der Waals surface area contributed by atoms with E-state index in [0.29, 0.717) is 17.3 Å². The lowest BCUT2D eigenvalue weighted by atomic mass is 10.1. The molecule has 0 aliphatic rings. The van der Waals surface area contributed by atoms with Crippen LogP contribution in [0.4, 0.5) is 5.82 Å². The number of halogens is 1. The number of carbonyl (C=O) groups is 1. The van der Waals surface area contributed by atoms with Crippen molar-refractivity contribution in [3.8, 4) is 0 Å². The SMILES string of the molecule is N[C@@H](CCc1ccccc1)C(=O)Nc1ncccc1Cl. The lowest BCUT2D eigenvalue weighted by Gasteiger charge is -2.12. The Bertz CT molecular complexity index is 574. The van der Waals surface area contributed by atoms with Crippen molar-refractivity contribution in [3.63, 3.8) is 0 Å². The van der Waals surface area contributed by atoms with Gasteiger partial charge >= 0.3 is 0 Å². The number of nitrogens with zero attached hydrogens (tertiary/aromatic N) is 1. The van der Waals surface area contributed by atoms with Crippen LogP contribution in [0, 0.1) is 0 Å². The minimum atomic E-state index is -0.590. The highest BCUT2D eigenvalue weighted by atomic mass is 35.5. The molecule has 1 amide bonds. The average Bonchev–Trinajstić information content (AvgIpc) is 2.48. The van der Waals surface area contributed by atoms with Gasteiger partial charge in [-0.25, -0.2) is 4.98 Å². The molecule has 3 N–H and O–H groups in total. The lowest BCUT2D eigenvalue weighted by molar-refractivity contribution is -0.117. The van der Waals surface area contributed by atoms with Crippen molar-refractivity contribution in [3.05, 3.63) is 59.2 Å². The lowest BCUT2D eigenvalue weighted by Crippen LogP contribution is -2.36. The Morgan fingerprint density at radius 3 is 2.70 bits per heavy atom. The van der Waals surface area contributed by atoms with E-state index < -0.39 is 6.04 Å². The first-order valence-electron chi connectivity index (χ1n) is 6.37. The molecule has 20 heavy (non-hydrogen) atoms. The van der Waals surface area contributed by atoms with Crippen molar-refractivity contribution in [2.24, 2.45) is 5.73 Å². The summed E-state index contributed by atoms with van der Waals surface area (Å²) in [5.41, 5.74) is 7.04. The van der Waals surface area contributed by atoms with Gasteiger partial charge in [0.25, 0.3) is 0 Å². The zero-order valence-corrected chi connectivity index (χ0v) is 11.7. The van der Waals surface area contributed by atoms with Crippen LogP contribution >= 0.6 is 11.6 Å². The van der Waals surface area contributed by atoms with Crippen molar-refractivity contribution in [2.45, 2.75) is 18.9 Å². The van der Waals surface area contributed by atoms with Crippen LogP contribution in [0.15, 0.2) is 48.7 Å². The predicted molar refractivity (Wildman–Crippen MR) is 80.6 cm³/mol. The van der Waals surface area contributed by atoms with E-state index in [1.54, 1.807) is 18.3 Å². The molecule has 0 unspecified atom stereocenters. The van der Waals surface area contributed by atoms with Gasteiger partial charge in [-0.3, -0.25) is 4.79 Å². The molecule has 0 bridgehead atoms. The van der Waals surface area contributed by atoms with E-state index in [9.17, 15) is 4.79 Å². The molecule has 0 saturated carbocycles. The highest BCUT2D eigenvalue weighted by molar-refractivity contribution is 6.33. The first-order valence-corrected chi connectivity index (χ1v) is 6.75. The van der Waals surface area contributed by atoms with Gasteiger partial charge in [-0.15, -0.1) is 0 Å². The Balaban J connectivity index is 1.88. The molecule has 0 saturated heterocycles. The van der Waals surface area contributed by atoms with E-state index >= 15 is 0 Å². The van der Waals surface area contributed by atoms with Gasteiger partial charge < -0.3 is 11.1 Å². The molecule has 1 atom stereocenters. The van der Waals surface area contributed by atoms with Crippen LogP contribution in [0.1, 0.15) is 12.0 Å². The summed E-state index contributed by atoms with van der Waals surface area (Å²) >= 11 is 5.93. The summed E-state index contributed by atoms with van der Waals surface area (Å²) in [5.74, 6) is 0.0656. The number of benzene rings is 1. The molecule has 1 aromatic carbocycles. The van der Waals surface area contributed by atoms with Gasteiger partial charge in [-0.1, -0.05) is 41.9 Å². The van der Waals surface area contributed by atoms with Gasteiger partial charge in [0.1, 0.15) is 0 Å². The number of rotatable bonds is 5. The van der Waals surface area contributed by atoms with E-state index in [1.807, 2.05) is 30.3 Å². The van der Waals surface area contributed by atoms with E-state index in [2.05, 4.69) is 10.3 Å². The van der Waals surface area contributed by atoms with Gasteiger partial charge in [0.05, 0.1) is 11.1 Å². The molecule has 0 spiro atoms. The fraction of sp³-hybridized carbons (Fsp3) is 0.200. The smallest absolute Gasteiger partial charge is 0.242 e. The number of nitrogens with two attached hydrogens (primary N) is 1. The third kappa shape index (κ3) is 4.05. The van der Waals surface area contributed by atoms with Crippen LogP contribution in [0.5, 0.6) is 0 Å². The molecule has 4 nitrogen and oxygen atoms in total. The third-order valence-electron chi connectivity index (χ3n) is 2.92. The first-order chi connectivity index (χ1) is 9.66. The minimum Gasteiger partial charge on any atom is -0.320 e. The largest absolute Gasteiger partial charge is 0.320 e. The number of aromatic nitrogens is 1. The summed E-state index contributed by atoms with van der Waals surface area (Å²) in [6.45, 7) is 0. The second kappa shape index (κ2) is 7.03. The maximum absolute atomic E-state index is 12.0. The van der Waals surface area contributed by atoms with Crippen LogP contribution in [0.25, 0.3) is 0 Å². The summed E-state index contributed by atoms with van der Waals surface area (Å²) in [7, 11) is 0. The highest BCUT2D eigenvalue weighted by Gasteiger charge is 2.15. The number of hydrogen-bond acceptors (Lipinski definition) is 3. The number of carbonyl (C=O) groups excluding carboxylic acids is 1. The van der Waals surface area contributed by atoms with Gasteiger partial charge in [-0.2, -0.15) is 0 Å². The number of amides is 1. The highest BCUT2D eigenvalue weighted by Crippen LogP contribution is 2.17. The standard InChI is InChI=1S/C15H16ClN3O/c16-12-7-4-10-18-14(12)19-15(20)13(17)9-8-11-5-2-1-3-6-11/h1-7,10,13H,8-9,17H2,(H,18,19,20)/t13-/m0/s1. The monoisotopic (exact) mass is 289 g/mol. The Labute approximate surface area is 123 Å². The molecule has 0 aliphatic heterocycles. The Kier molecular flexibility index (Phi) is 5.09. The molecule has 2 rings (SSSR count). The minimum absolute atomic E-state index is 0.276. The fourth-order valence-electron chi connectivity index (χ4n) is 1.79. The van der Waals surface area contributed by atoms with Crippen LogP contribution in [0.2, 0.25) is 5.02 Å². The molecule has 1 aromatic heterocycles. The van der Waals surface area contributed by atoms with Gasteiger partial charge in [0, 0.05) is 6.20 Å². The molecule has 1 heterocycles. The van der Waals surface area contributed by atoms with E-state index in [1.165, 1.54) is 0 Å². The third-order valence-corrected chi connectivity index (χ3v) is 3.23. The zero-order chi connectivity index (χ0) is 14.4. The number of pyridine rings is 1. The normalized spacial score (nSPS) is 11.9. The maximum Gasteiger partial charge on any atom is 0.242 e.